The molecular formula is C18H19ClN2O4. The fourth-order valence-electron chi connectivity index (χ4n) is 2.22. The minimum absolute atomic E-state index is 0.274. The van der Waals surface area contributed by atoms with Crippen LogP contribution in [-0.2, 0) is 16.1 Å². The van der Waals surface area contributed by atoms with E-state index in [1.165, 1.54) is 7.11 Å². The molecule has 2 rings (SSSR count). The number of para-hydroxylation sites is 1. The highest BCUT2D eigenvalue weighted by Gasteiger charge is 2.13. The Balaban J connectivity index is 1.90. The molecule has 0 spiro atoms. The van der Waals surface area contributed by atoms with Crippen LogP contribution in [0.4, 0.5) is 5.69 Å². The molecule has 0 saturated carbocycles. The average Bonchev–Trinajstić information content (AvgIpc) is 2.60. The van der Waals surface area contributed by atoms with Crippen molar-refractivity contribution in [2.24, 2.45) is 0 Å². The smallest absolute Gasteiger partial charge is 0.233 e. The molecule has 0 aromatic heterocycles. The van der Waals surface area contributed by atoms with Crippen LogP contribution in [0.2, 0.25) is 5.02 Å². The first kappa shape index (κ1) is 18.6. The Kier molecular flexibility index (Phi) is 6.65. The van der Waals surface area contributed by atoms with Crippen molar-refractivity contribution in [3.05, 3.63) is 53.1 Å². The summed E-state index contributed by atoms with van der Waals surface area (Å²) in [7, 11) is 3.05. The van der Waals surface area contributed by atoms with Crippen LogP contribution in [0.1, 0.15) is 12.0 Å². The zero-order valence-electron chi connectivity index (χ0n) is 14.0. The van der Waals surface area contributed by atoms with Gasteiger partial charge in [0.05, 0.1) is 19.9 Å². The number of anilines is 1. The van der Waals surface area contributed by atoms with Crippen molar-refractivity contribution in [2.45, 2.75) is 13.0 Å². The molecule has 0 aliphatic heterocycles. The second kappa shape index (κ2) is 8.94. The Hall–Kier alpha value is -2.73. The predicted octanol–water partition coefficient (Wildman–Crippen LogP) is 3.00. The lowest BCUT2D eigenvalue weighted by Gasteiger charge is -2.11. The lowest BCUT2D eigenvalue weighted by molar-refractivity contribution is -0.126. The molecule has 2 N–H and O–H groups in total. The largest absolute Gasteiger partial charge is 0.496 e. The van der Waals surface area contributed by atoms with Gasteiger partial charge in [-0.2, -0.15) is 0 Å². The van der Waals surface area contributed by atoms with E-state index in [1.807, 2.05) is 18.2 Å². The van der Waals surface area contributed by atoms with Gasteiger partial charge in [-0.05, 0) is 24.3 Å². The number of hydrogen-bond donors (Lipinski definition) is 2. The standard InChI is InChI=1S/C18H19ClN2O4/c1-24-15-6-4-3-5-12(15)11-20-17(22)10-18(23)21-14-9-13(19)7-8-16(14)25-2/h3-9H,10-11H2,1-2H3,(H,20,22)(H,21,23). The lowest BCUT2D eigenvalue weighted by atomic mass is 10.2. The van der Waals surface area contributed by atoms with Gasteiger partial charge in [-0.15, -0.1) is 0 Å². The SMILES string of the molecule is COc1ccccc1CNC(=O)CC(=O)Nc1cc(Cl)ccc1OC. The van der Waals surface area contributed by atoms with Gasteiger partial charge in [-0.1, -0.05) is 29.8 Å². The zero-order chi connectivity index (χ0) is 18.2. The van der Waals surface area contributed by atoms with E-state index < -0.39 is 11.8 Å². The third-order valence-corrected chi connectivity index (χ3v) is 3.66. The van der Waals surface area contributed by atoms with E-state index in [-0.39, 0.29) is 13.0 Å². The molecule has 2 amide bonds. The minimum Gasteiger partial charge on any atom is -0.496 e. The van der Waals surface area contributed by atoms with Crippen molar-refractivity contribution in [1.29, 1.82) is 0 Å². The highest BCUT2D eigenvalue weighted by molar-refractivity contribution is 6.31. The molecule has 0 saturated heterocycles. The molecule has 0 radical (unpaired) electrons. The van der Waals surface area contributed by atoms with Gasteiger partial charge in [0.1, 0.15) is 17.9 Å². The zero-order valence-corrected chi connectivity index (χ0v) is 14.7. The molecule has 0 aliphatic carbocycles. The maximum atomic E-state index is 12.0. The summed E-state index contributed by atoms with van der Waals surface area (Å²) in [6.07, 6.45) is -0.315. The summed E-state index contributed by atoms with van der Waals surface area (Å²) in [6, 6.07) is 12.2. The maximum Gasteiger partial charge on any atom is 0.233 e. The Morgan fingerprint density at radius 2 is 1.72 bits per heavy atom. The van der Waals surface area contributed by atoms with Crippen LogP contribution >= 0.6 is 11.6 Å². The van der Waals surface area contributed by atoms with E-state index in [4.69, 9.17) is 21.1 Å². The number of nitrogens with one attached hydrogen (secondary N) is 2. The number of carbonyl (C=O) groups is 2. The summed E-state index contributed by atoms with van der Waals surface area (Å²) < 4.78 is 10.4. The van der Waals surface area contributed by atoms with Gasteiger partial charge in [0.25, 0.3) is 0 Å². The first-order valence-corrected chi connectivity index (χ1v) is 7.93. The third kappa shape index (κ3) is 5.39. The van der Waals surface area contributed by atoms with Crippen LogP contribution < -0.4 is 20.1 Å². The second-order valence-corrected chi connectivity index (χ2v) is 5.59. The van der Waals surface area contributed by atoms with E-state index in [0.29, 0.717) is 22.2 Å². The Bertz CT molecular complexity index is 764. The molecule has 0 bridgehead atoms. The van der Waals surface area contributed by atoms with Gasteiger partial charge in [0, 0.05) is 17.1 Å². The summed E-state index contributed by atoms with van der Waals surface area (Å²) >= 11 is 5.91. The number of hydrogen-bond acceptors (Lipinski definition) is 4. The molecule has 0 atom stereocenters. The van der Waals surface area contributed by atoms with Crippen LogP contribution in [0.25, 0.3) is 0 Å². The highest BCUT2D eigenvalue weighted by Crippen LogP contribution is 2.27. The van der Waals surface area contributed by atoms with Crippen LogP contribution in [0.5, 0.6) is 11.5 Å². The summed E-state index contributed by atoms with van der Waals surface area (Å²) in [4.78, 5) is 24.0. The minimum atomic E-state index is -0.460. The molecule has 2 aromatic rings. The van der Waals surface area contributed by atoms with Gasteiger partial charge < -0.3 is 20.1 Å². The number of halogens is 1. The molecule has 7 heteroatoms. The topological polar surface area (TPSA) is 76.7 Å². The molecular weight excluding hydrogens is 344 g/mol. The van der Waals surface area contributed by atoms with Crippen LogP contribution in [0, 0.1) is 0 Å². The van der Waals surface area contributed by atoms with E-state index in [1.54, 1.807) is 31.4 Å². The average molecular weight is 363 g/mol. The quantitative estimate of drug-likeness (QED) is 0.742. The molecule has 0 heterocycles. The normalized spacial score (nSPS) is 10.0. The second-order valence-electron chi connectivity index (χ2n) is 5.16. The summed E-state index contributed by atoms with van der Waals surface area (Å²) in [5, 5.41) is 5.77. The number of methoxy groups -OCH3 is 2. The fraction of sp³-hybridized carbons (Fsp3) is 0.222. The maximum absolute atomic E-state index is 12.0. The molecule has 0 fully saturated rings. The van der Waals surface area contributed by atoms with Gasteiger partial charge in [-0.3, -0.25) is 9.59 Å². The molecule has 132 valence electrons. The highest BCUT2D eigenvalue weighted by atomic mass is 35.5. The number of carbonyl (C=O) groups excluding carboxylic acids is 2. The number of benzene rings is 2. The van der Waals surface area contributed by atoms with Crippen molar-refractivity contribution < 1.29 is 19.1 Å². The van der Waals surface area contributed by atoms with E-state index >= 15 is 0 Å². The van der Waals surface area contributed by atoms with Crippen LogP contribution in [0.3, 0.4) is 0 Å². The Morgan fingerprint density at radius 3 is 2.44 bits per heavy atom. The van der Waals surface area contributed by atoms with Crippen molar-refractivity contribution in [1.82, 2.24) is 5.32 Å². The van der Waals surface area contributed by atoms with Crippen molar-refractivity contribution in [3.63, 3.8) is 0 Å². The van der Waals surface area contributed by atoms with Crippen molar-refractivity contribution in [2.75, 3.05) is 19.5 Å². The third-order valence-electron chi connectivity index (χ3n) is 3.43. The summed E-state index contributed by atoms with van der Waals surface area (Å²) in [5.41, 5.74) is 1.24. The Labute approximate surface area is 151 Å². The summed E-state index contributed by atoms with van der Waals surface area (Å²) in [6.45, 7) is 0.274. The van der Waals surface area contributed by atoms with Gasteiger partial charge >= 0.3 is 0 Å². The van der Waals surface area contributed by atoms with Gasteiger partial charge in [0.2, 0.25) is 11.8 Å². The molecule has 25 heavy (non-hydrogen) atoms. The first-order chi connectivity index (χ1) is 12.0. The molecule has 2 aromatic carbocycles. The van der Waals surface area contributed by atoms with Crippen molar-refractivity contribution >= 4 is 29.1 Å². The van der Waals surface area contributed by atoms with Gasteiger partial charge in [-0.25, -0.2) is 0 Å². The summed E-state index contributed by atoms with van der Waals surface area (Å²) in [5.74, 6) is 0.283. The fourth-order valence-corrected chi connectivity index (χ4v) is 2.40. The molecule has 0 unspecified atom stereocenters. The molecule has 6 nitrogen and oxygen atoms in total. The van der Waals surface area contributed by atoms with Crippen LogP contribution in [-0.4, -0.2) is 26.0 Å². The van der Waals surface area contributed by atoms with Crippen molar-refractivity contribution in [3.8, 4) is 11.5 Å². The number of amides is 2. The van der Waals surface area contributed by atoms with Crippen LogP contribution in [0.15, 0.2) is 42.5 Å². The van der Waals surface area contributed by atoms with E-state index in [0.717, 1.165) is 5.56 Å². The molecule has 0 aliphatic rings. The lowest BCUT2D eigenvalue weighted by Crippen LogP contribution is -2.28. The Morgan fingerprint density at radius 1 is 1.00 bits per heavy atom. The first-order valence-electron chi connectivity index (χ1n) is 7.55. The monoisotopic (exact) mass is 362 g/mol. The number of ether oxygens (including phenoxy) is 2. The predicted molar refractivity (Wildman–Crippen MR) is 96.1 cm³/mol. The van der Waals surface area contributed by atoms with E-state index in [9.17, 15) is 9.59 Å². The van der Waals surface area contributed by atoms with Gasteiger partial charge in [0.15, 0.2) is 0 Å². The number of rotatable bonds is 7. The van der Waals surface area contributed by atoms with E-state index in [2.05, 4.69) is 10.6 Å².